The molecule has 0 unspecified atom stereocenters. The van der Waals surface area contributed by atoms with E-state index in [1.807, 2.05) is 11.4 Å². The molecular formula is C10H12N2. The van der Waals surface area contributed by atoms with Gasteiger partial charge in [-0.05, 0) is 38.0 Å². The number of hydrogen-bond acceptors (Lipinski definition) is 1. The van der Waals surface area contributed by atoms with Crippen LogP contribution in [0.4, 0.5) is 0 Å². The summed E-state index contributed by atoms with van der Waals surface area (Å²) < 4.78 is 1.94. The van der Waals surface area contributed by atoms with Crippen LogP contribution in [0.2, 0.25) is 0 Å². The van der Waals surface area contributed by atoms with Crippen LogP contribution in [0.5, 0.6) is 0 Å². The van der Waals surface area contributed by atoms with Gasteiger partial charge in [-0.3, -0.25) is 0 Å². The fraction of sp³-hybridized carbons (Fsp3) is 0.300. The van der Waals surface area contributed by atoms with E-state index in [9.17, 15) is 0 Å². The molecule has 12 heavy (non-hydrogen) atoms. The molecule has 0 aliphatic rings. The topological polar surface area (TPSA) is 17.3 Å². The van der Waals surface area contributed by atoms with Crippen LogP contribution in [0.15, 0.2) is 18.3 Å². The SMILES string of the molecule is Cc1ccc2c(C)c(C)nn2c1. The molecule has 0 radical (unpaired) electrons. The molecule has 0 saturated carbocycles. The zero-order chi connectivity index (χ0) is 8.72. The molecule has 62 valence electrons. The Kier molecular flexibility index (Phi) is 1.43. The van der Waals surface area contributed by atoms with Crippen molar-refractivity contribution in [3.63, 3.8) is 0 Å². The van der Waals surface area contributed by atoms with Crippen LogP contribution in [0.1, 0.15) is 16.8 Å². The second-order valence-electron chi connectivity index (χ2n) is 3.25. The van der Waals surface area contributed by atoms with Crippen LogP contribution in [0.3, 0.4) is 0 Å². The van der Waals surface area contributed by atoms with E-state index in [0.717, 1.165) is 5.69 Å². The Bertz CT molecular complexity index is 427. The molecule has 0 N–H and O–H groups in total. The van der Waals surface area contributed by atoms with E-state index in [-0.39, 0.29) is 0 Å². The fourth-order valence-electron chi connectivity index (χ4n) is 1.39. The number of pyridine rings is 1. The van der Waals surface area contributed by atoms with Crippen LogP contribution < -0.4 is 0 Å². The summed E-state index contributed by atoms with van der Waals surface area (Å²) in [5.41, 5.74) is 4.83. The zero-order valence-corrected chi connectivity index (χ0v) is 7.63. The van der Waals surface area contributed by atoms with Crippen LogP contribution in [-0.4, -0.2) is 9.61 Å². The molecule has 0 atom stereocenters. The van der Waals surface area contributed by atoms with Gasteiger partial charge in [0.2, 0.25) is 0 Å². The molecule has 2 aromatic heterocycles. The molecule has 0 spiro atoms. The van der Waals surface area contributed by atoms with Crippen molar-refractivity contribution in [1.29, 1.82) is 0 Å². The maximum absolute atomic E-state index is 4.39. The van der Waals surface area contributed by atoms with E-state index in [4.69, 9.17) is 0 Å². The van der Waals surface area contributed by atoms with Gasteiger partial charge in [0.1, 0.15) is 0 Å². The standard InChI is InChI=1S/C10H12N2/c1-7-4-5-10-8(2)9(3)11-12(10)6-7/h4-6H,1-3H3. The second-order valence-corrected chi connectivity index (χ2v) is 3.25. The summed E-state index contributed by atoms with van der Waals surface area (Å²) in [7, 11) is 0. The average Bonchev–Trinajstić information content (AvgIpc) is 2.28. The molecule has 2 rings (SSSR count). The maximum atomic E-state index is 4.39. The normalized spacial score (nSPS) is 10.9. The summed E-state index contributed by atoms with van der Waals surface area (Å²) in [6, 6.07) is 4.23. The van der Waals surface area contributed by atoms with Crippen molar-refractivity contribution in [1.82, 2.24) is 9.61 Å². The number of aryl methyl sites for hydroxylation is 3. The average molecular weight is 160 g/mol. The Hall–Kier alpha value is -1.31. The first-order valence-corrected chi connectivity index (χ1v) is 4.10. The summed E-state index contributed by atoms with van der Waals surface area (Å²) >= 11 is 0. The van der Waals surface area contributed by atoms with Crippen molar-refractivity contribution >= 4 is 5.52 Å². The van der Waals surface area contributed by atoms with E-state index in [2.05, 4.69) is 37.3 Å². The third-order valence-corrected chi connectivity index (χ3v) is 2.26. The molecule has 2 aromatic rings. The molecule has 0 saturated heterocycles. The number of nitrogens with zero attached hydrogens (tertiary/aromatic N) is 2. The zero-order valence-electron chi connectivity index (χ0n) is 7.63. The first kappa shape index (κ1) is 7.35. The van der Waals surface area contributed by atoms with Crippen LogP contribution in [0, 0.1) is 20.8 Å². The van der Waals surface area contributed by atoms with Gasteiger partial charge in [-0.2, -0.15) is 5.10 Å². The van der Waals surface area contributed by atoms with Crippen LogP contribution in [0.25, 0.3) is 5.52 Å². The smallest absolute Gasteiger partial charge is 0.0693 e. The van der Waals surface area contributed by atoms with E-state index >= 15 is 0 Å². The maximum Gasteiger partial charge on any atom is 0.0693 e. The number of fused-ring (bicyclic) bond motifs is 1. The van der Waals surface area contributed by atoms with Gasteiger partial charge in [0.25, 0.3) is 0 Å². The lowest BCUT2D eigenvalue weighted by Gasteiger charge is -1.94. The fourth-order valence-corrected chi connectivity index (χ4v) is 1.39. The van der Waals surface area contributed by atoms with E-state index in [0.29, 0.717) is 0 Å². The Labute approximate surface area is 71.8 Å². The predicted octanol–water partition coefficient (Wildman–Crippen LogP) is 2.26. The lowest BCUT2D eigenvalue weighted by Crippen LogP contribution is -1.87. The lowest BCUT2D eigenvalue weighted by atomic mass is 10.2. The Morgan fingerprint density at radius 3 is 2.67 bits per heavy atom. The minimum atomic E-state index is 1.11. The highest BCUT2D eigenvalue weighted by Gasteiger charge is 2.02. The number of rotatable bonds is 0. The second kappa shape index (κ2) is 2.34. The van der Waals surface area contributed by atoms with Crippen LogP contribution in [-0.2, 0) is 0 Å². The summed E-state index contributed by atoms with van der Waals surface area (Å²) in [5, 5.41) is 4.39. The van der Waals surface area contributed by atoms with Crippen molar-refractivity contribution in [2.75, 3.05) is 0 Å². The van der Waals surface area contributed by atoms with Crippen molar-refractivity contribution < 1.29 is 0 Å². The minimum absolute atomic E-state index is 1.11. The van der Waals surface area contributed by atoms with E-state index in [1.165, 1.54) is 16.6 Å². The summed E-state index contributed by atoms with van der Waals surface area (Å²) in [6.07, 6.45) is 2.05. The molecule has 0 bridgehead atoms. The Balaban J connectivity index is 2.87. The van der Waals surface area contributed by atoms with Crippen LogP contribution >= 0.6 is 0 Å². The predicted molar refractivity (Wildman–Crippen MR) is 49.4 cm³/mol. The van der Waals surface area contributed by atoms with Crippen molar-refractivity contribution in [2.24, 2.45) is 0 Å². The lowest BCUT2D eigenvalue weighted by molar-refractivity contribution is 0.926. The highest BCUT2D eigenvalue weighted by atomic mass is 15.2. The quantitative estimate of drug-likeness (QED) is 0.577. The van der Waals surface area contributed by atoms with Crippen molar-refractivity contribution in [2.45, 2.75) is 20.8 Å². The molecule has 0 fully saturated rings. The number of hydrogen-bond donors (Lipinski definition) is 0. The third kappa shape index (κ3) is 0.916. The highest BCUT2D eigenvalue weighted by Crippen LogP contribution is 2.13. The molecule has 2 heterocycles. The third-order valence-electron chi connectivity index (χ3n) is 2.26. The molecule has 2 heteroatoms. The minimum Gasteiger partial charge on any atom is -0.240 e. The van der Waals surface area contributed by atoms with Gasteiger partial charge in [0, 0.05) is 6.20 Å². The van der Waals surface area contributed by atoms with Gasteiger partial charge < -0.3 is 0 Å². The Morgan fingerprint density at radius 2 is 1.92 bits per heavy atom. The molecule has 0 aliphatic heterocycles. The largest absolute Gasteiger partial charge is 0.240 e. The van der Waals surface area contributed by atoms with Crippen molar-refractivity contribution in [3.8, 4) is 0 Å². The summed E-state index contributed by atoms with van der Waals surface area (Å²) in [4.78, 5) is 0. The van der Waals surface area contributed by atoms with Gasteiger partial charge in [0.05, 0.1) is 11.2 Å². The van der Waals surface area contributed by atoms with Gasteiger partial charge in [-0.15, -0.1) is 0 Å². The van der Waals surface area contributed by atoms with Crippen molar-refractivity contribution in [3.05, 3.63) is 35.2 Å². The first-order valence-electron chi connectivity index (χ1n) is 4.10. The first-order chi connectivity index (χ1) is 5.68. The molecule has 2 nitrogen and oxygen atoms in total. The Morgan fingerprint density at radius 1 is 1.17 bits per heavy atom. The monoisotopic (exact) mass is 160 g/mol. The number of aromatic nitrogens is 2. The van der Waals surface area contributed by atoms with Gasteiger partial charge in [-0.1, -0.05) is 6.07 Å². The highest BCUT2D eigenvalue weighted by molar-refractivity contribution is 5.55. The molecule has 0 amide bonds. The van der Waals surface area contributed by atoms with E-state index in [1.54, 1.807) is 0 Å². The van der Waals surface area contributed by atoms with E-state index < -0.39 is 0 Å². The summed E-state index contributed by atoms with van der Waals surface area (Å²) in [6.45, 7) is 6.22. The van der Waals surface area contributed by atoms with Gasteiger partial charge in [0.15, 0.2) is 0 Å². The molecule has 0 aliphatic carbocycles. The van der Waals surface area contributed by atoms with Gasteiger partial charge in [-0.25, -0.2) is 4.52 Å². The summed E-state index contributed by atoms with van der Waals surface area (Å²) in [5.74, 6) is 0. The van der Waals surface area contributed by atoms with Gasteiger partial charge >= 0.3 is 0 Å². The molecule has 0 aromatic carbocycles. The molecular weight excluding hydrogens is 148 g/mol.